The van der Waals surface area contributed by atoms with Crippen LogP contribution in [0.15, 0.2) is 27.4 Å². The van der Waals surface area contributed by atoms with E-state index in [1.54, 1.807) is 6.20 Å². The van der Waals surface area contributed by atoms with Crippen molar-refractivity contribution in [1.82, 2.24) is 20.1 Å². The molecule has 21 heavy (non-hydrogen) atoms. The summed E-state index contributed by atoms with van der Waals surface area (Å²) in [6.45, 7) is 5.13. The number of likely N-dealkylation sites (N-methyl/N-ethyl adjacent to an activating group) is 1. The molecule has 0 fully saturated rings. The quantitative estimate of drug-likeness (QED) is 0.778. The van der Waals surface area contributed by atoms with Crippen molar-refractivity contribution in [1.29, 1.82) is 0 Å². The first-order chi connectivity index (χ1) is 10.1. The molecule has 0 aliphatic rings. The highest BCUT2D eigenvalue weighted by Gasteiger charge is 2.19. The first kappa shape index (κ1) is 16.6. The van der Waals surface area contributed by atoms with Gasteiger partial charge in [-0.15, -0.1) is 0 Å². The third-order valence-corrected chi connectivity index (χ3v) is 4.92. The fraction of sp³-hybridized carbons (Fsp3) is 0.467. The molecule has 1 N–H and O–H groups in total. The van der Waals surface area contributed by atoms with Crippen molar-refractivity contribution in [3.63, 3.8) is 0 Å². The zero-order valence-electron chi connectivity index (χ0n) is 12.5. The zero-order valence-corrected chi connectivity index (χ0v) is 15.7. The van der Waals surface area contributed by atoms with Gasteiger partial charge in [-0.25, -0.2) is 0 Å². The Balaban J connectivity index is 2.32. The van der Waals surface area contributed by atoms with Crippen LogP contribution in [-0.4, -0.2) is 21.8 Å². The molecule has 2 heterocycles. The molecule has 6 heteroatoms. The highest BCUT2D eigenvalue weighted by molar-refractivity contribution is 9.10. The summed E-state index contributed by atoms with van der Waals surface area (Å²) in [4.78, 5) is 4.26. The van der Waals surface area contributed by atoms with Gasteiger partial charge in [0, 0.05) is 35.9 Å². The van der Waals surface area contributed by atoms with E-state index in [9.17, 15) is 0 Å². The predicted molar refractivity (Wildman–Crippen MR) is 92.4 cm³/mol. The predicted octanol–water partition coefficient (Wildman–Crippen LogP) is 3.89. The summed E-state index contributed by atoms with van der Waals surface area (Å²) in [6, 6.07) is 2.31. The molecule has 0 bridgehead atoms. The summed E-state index contributed by atoms with van der Waals surface area (Å²) in [6.07, 6.45) is 5.52. The number of hydrogen-bond acceptors (Lipinski definition) is 3. The number of pyridine rings is 1. The van der Waals surface area contributed by atoms with E-state index in [2.05, 4.69) is 71.9 Å². The van der Waals surface area contributed by atoms with Crippen molar-refractivity contribution in [3.8, 4) is 0 Å². The maximum Gasteiger partial charge on any atom is 0.0766 e. The topological polar surface area (TPSA) is 42.7 Å². The van der Waals surface area contributed by atoms with Crippen LogP contribution in [0, 0.1) is 0 Å². The molecule has 1 unspecified atom stereocenters. The standard InChI is InChI=1S/C15H20Br2N4/c1-4-12-15(17)14(21(5-2)20-12)7-13(18-3)10-6-11(16)9-19-8-10/h6,8-9,13,18H,4-5,7H2,1-3H3. The van der Waals surface area contributed by atoms with Crippen molar-refractivity contribution >= 4 is 31.9 Å². The SMILES string of the molecule is CCc1nn(CC)c(CC(NC)c2cncc(Br)c2)c1Br. The first-order valence-corrected chi connectivity index (χ1v) is 8.71. The number of hydrogen-bond donors (Lipinski definition) is 1. The van der Waals surface area contributed by atoms with E-state index in [1.807, 2.05) is 13.2 Å². The third kappa shape index (κ3) is 3.73. The van der Waals surface area contributed by atoms with Crippen molar-refractivity contribution in [2.24, 2.45) is 0 Å². The molecule has 0 aromatic carbocycles. The van der Waals surface area contributed by atoms with Crippen LogP contribution in [0.5, 0.6) is 0 Å². The van der Waals surface area contributed by atoms with Gasteiger partial charge in [-0.1, -0.05) is 6.92 Å². The molecule has 2 aromatic heterocycles. The molecule has 2 rings (SSSR count). The second-order valence-corrected chi connectivity index (χ2v) is 6.57. The number of halogens is 2. The molecule has 4 nitrogen and oxygen atoms in total. The number of aromatic nitrogens is 3. The summed E-state index contributed by atoms with van der Waals surface area (Å²) < 4.78 is 4.21. The molecule has 0 spiro atoms. The number of nitrogens with zero attached hydrogens (tertiary/aromatic N) is 3. The minimum absolute atomic E-state index is 0.206. The number of rotatable bonds is 6. The Morgan fingerprint density at radius 3 is 2.62 bits per heavy atom. The highest BCUT2D eigenvalue weighted by Crippen LogP contribution is 2.27. The van der Waals surface area contributed by atoms with Gasteiger partial charge >= 0.3 is 0 Å². The summed E-state index contributed by atoms with van der Waals surface area (Å²) in [5.41, 5.74) is 3.52. The van der Waals surface area contributed by atoms with Crippen LogP contribution in [-0.2, 0) is 19.4 Å². The Labute approximate surface area is 142 Å². The third-order valence-electron chi connectivity index (χ3n) is 3.57. The van der Waals surface area contributed by atoms with Crippen LogP contribution in [0.25, 0.3) is 0 Å². The lowest BCUT2D eigenvalue weighted by Crippen LogP contribution is -2.21. The van der Waals surface area contributed by atoms with Gasteiger partial charge in [-0.2, -0.15) is 5.10 Å². The van der Waals surface area contributed by atoms with E-state index in [4.69, 9.17) is 0 Å². The lowest BCUT2D eigenvalue weighted by molar-refractivity contribution is 0.538. The average molecular weight is 416 g/mol. The minimum Gasteiger partial charge on any atom is -0.313 e. The summed E-state index contributed by atoms with van der Waals surface area (Å²) in [5.74, 6) is 0. The second-order valence-electron chi connectivity index (χ2n) is 4.86. The van der Waals surface area contributed by atoms with E-state index >= 15 is 0 Å². The fourth-order valence-electron chi connectivity index (χ4n) is 2.41. The van der Waals surface area contributed by atoms with Crippen LogP contribution < -0.4 is 5.32 Å². The summed E-state index contributed by atoms with van der Waals surface area (Å²) >= 11 is 7.20. The molecular weight excluding hydrogens is 396 g/mol. The van der Waals surface area contributed by atoms with Gasteiger partial charge in [0.2, 0.25) is 0 Å². The van der Waals surface area contributed by atoms with Crippen LogP contribution in [0.4, 0.5) is 0 Å². The van der Waals surface area contributed by atoms with Gasteiger partial charge in [0.05, 0.1) is 15.9 Å². The molecule has 0 aliphatic carbocycles. The van der Waals surface area contributed by atoms with E-state index in [-0.39, 0.29) is 6.04 Å². The molecule has 0 saturated carbocycles. The first-order valence-electron chi connectivity index (χ1n) is 7.12. The van der Waals surface area contributed by atoms with E-state index in [0.29, 0.717) is 0 Å². The minimum atomic E-state index is 0.206. The van der Waals surface area contributed by atoms with Crippen molar-refractivity contribution in [3.05, 3.63) is 44.4 Å². The molecule has 0 amide bonds. The lowest BCUT2D eigenvalue weighted by Gasteiger charge is -2.17. The zero-order chi connectivity index (χ0) is 15.4. The summed E-state index contributed by atoms with van der Waals surface area (Å²) in [5, 5.41) is 8.04. The van der Waals surface area contributed by atoms with Gasteiger partial charge in [-0.3, -0.25) is 9.67 Å². The molecule has 0 aliphatic heterocycles. The van der Waals surface area contributed by atoms with Crippen LogP contribution in [0.3, 0.4) is 0 Å². The van der Waals surface area contributed by atoms with Crippen LogP contribution in [0.1, 0.15) is 36.8 Å². The van der Waals surface area contributed by atoms with Crippen LogP contribution >= 0.6 is 31.9 Å². The van der Waals surface area contributed by atoms with E-state index in [1.165, 1.54) is 11.3 Å². The van der Waals surface area contributed by atoms with Gasteiger partial charge < -0.3 is 5.32 Å². The Bertz CT molecular complexity index is 610. The molecule has 0 saturated heterocycles. The molecule has 1 atom stereocenters. The van der Waals surface area contributed by atoms with E-state index in [0.717, 1.165) is 34.0 Å². The van der Waals surface area contributed by atoms with Crippen molar-refractivity contribution in [2.45, 2.75) is 39.3 Å². The lowest BCUT2D eigenvalue weighted by atomic mass is 10.0. The second kappa shape index (κ2) is 7.51. The van der Waals surface area contributed by atoms with E-state index < -0.39 is 0 Å². The smallest absolute Gasteiger partial charge is 0.0766 e. The summed E-state index contributed by atoms with van der Waals surface area (Å²) in [7, 11) is 1.98. The molecule has 0 radical (unpaired) electrons. The Kier molecular flexibility index (Phi) is 5.96. The highest BCUT2D eigenvalue weighted by atomic mass is 79.9. The monoisotopic (exact) mass is 414 g/mol. The molecule has 2 aromatic rings. The normalized spacial score (nSPS) is 12.6. The Hall–Kier alpha value is -0.720. The fourth-order valence-corrected chi connectivity index (χ4v) is 3.52. The maximum atomic E-state index is 4.66. The number of nitrogens with one attached hydrogen (secondary N) is 1. The maximum absolute atomic E-state index is 4.66. The van der Waals surface area contributed by atoms with Crippen molar-refractivity contribution in [2.75, 3.05) is 7.05 Å². The molecule has 114 valence electrons. The van der Waals surface area contributed by atoms with Gasteiger partial charge in [0.25, 0.3) is 0 Å². The van der Waals surface area contributed by atoms with Gasteiger partial charge in [0.1, 0.15) is 0 Å². The largest absolute Gasteiger partial charge is 0.313 e. The van der Waals surface area contributed by atoms with Gasteiger partial charge in [-0.05, 0) is 63.9 Å². The Morgan fingerprint density at radius 1 is 1.29 bits per heavy atom. The molecular formula is C15H20Br2N4. The van der Waals surface area contributed by atoms with Crippen molar-refractivity contribution < 1.29 is 0 Å². The Morgan fingerprint density at radius 2 is 2.05 bits per heavy atom. The number of aryl methyl sites for hydroxylation is 2. The van der Waals surface area contributed by atoms with Gasteiger partial charge in [0.15, 0.2) is 0 Å². The van der Waals surface area contributed by atoms with Crippen LogP contribution in [0.2, 0.25) is 0 Å². The average Bonchev–Trinajstić information content (AvgIpc) is 2.80.